The summed E-state index contributed by atoms with van der Waals surface area (Å²) < 4.78 is 12.8. The highest BCUT2D eigenvalue weighted by Gasteiger charge is 2.19. The van der Waals surface area contributed by atoms with Gasteiger partial charge < -0.3 is 8.83 Å². The monoisotopic (exact) mass is 768 g/mol. The predicted octanol–water partition coefficient (Wildman–Crippen LogP) is 14.2. The maximum atomic E-state index is 6.44. The zero-order chi connectivity index (χ0) is 39.6. The van der Waals surface area contributed by atoms with Gasteiger partial charge >= 0.3 is 0 Å². The number of aromatic nitrogens is 4. The van der Waals surface area contributed by atoms with E-state index in [2.05, 4.69) is 146 Å². The van der Waals surface area contributed by atoms with Crippen LogP contribution in [0.25, 0.3) is 122 Å². The van der Waals surface area contributed by atoms with Crippen molar-refractivity contribution in [2.24, 2.45) is 0 Å². The molecule has 0 fully saturated rings. The number of oxazole rings is 1. The number of hydrogen-bond donors (Lipinski definition) is 0. The van der Waals surface area contributed by atoms with Crippen LogP contribution in [-0.4, -0.2) is 19.9 Å². The van der Waals surface area contributed by atoms with Crippen LogP contribution in [0.5, 0.6) is 0 Å². The molecule has 6 nitrogen and oxygen atoms in total. The van der Waals surface area contributed by atoms with E-state index >= 15 is 0 Å². The molecule has 3 aromatic heterocycles. The van der Waals surface area contributed by atoms with Crippen molar-refractivity contribution in [3.05, 3.63) is 194 Å². The summed E-state index contributed by atoms with van der Waals surface area (Å²) in [6.45, 7) is 0. The first kappa shape index (κ1) is 33.9. The van der Waals surface area contributed by atoms with Crippen LogP contribution in [-0.2, 0) is 0 Å². The number of fused-ring (bicyclic) bond motifs is 7. The van der Waals surface area contributed by atoms with Crippen LogP contribution in [0.4, 0.5) is 0 Å². The number of hydrogen-bond acceptors (Lipinski definition) is 6. The average molecular weight is 769 g/mol. The molecule has 0 aliphatic heterocycles. The van der Waals surface area contributed by atoms with E-state index in [1.165, 1.54) is 10.8 Å². The molecule has 3 heterocycles. The molecular weight excluding hydrogens is 737 g/mol. The van der Waals surface area contributed by atoms with E-state index in [-0.39, 0.29) is 0 Å². The zero-order valence-electron chi connectivity index (χ0n) is 32.1. The van der Waals surface area contributed by atoms with E-state index in [0.29, 0.717) is 28.9 Å². The molecule has 0 saturated carbocycles. The molecule has 12 rings (SSSR count). The number of nitrogens with zero attached hydrogens (tertiary/aromatic N) is 4. The Morgan fingerprint density at radius 3 is 1.65 bits per heavy atom. The van der Waals surface area contributed by atoms with Crippen LogP contribution >= 0.6 is 0 Å². The zero-order valence-corrected chi connectivity index (χ0v) is 32.1. The van der Waals surface area contributed by atoms with Crippen molar-refractivity contribution >= 4 is 54.6 Å². The van der Waals surface area contributed by atoms with Gasteiger partial charge in [0.1, 0.15) is 16.7 Å². The lowest BCUT2D eigenvalue weighted by molar-refractivity contribution is 0.622. The molecule has 0 N–H and O–H groups in total. The van der Waals surface area contributed by atoms with E-state index in [9.17, 15) is 0 Å². The van der Waals surface area contributed by atoms with Gasteiger partial charge in [-0.15, -0.1) is 0 Å². The van der Waals surface area contributed by atoms with Crippen LogP contribution in [0.1, 0.15) is 0 Å². The Hall–Kier alpha value is -8.22. The van der Waals surface area contributed by atoms with Crippen LogP contribution < -0.4 is 0 Å². The first-order chi connectivity index (χ1) is 29.7. The fraction of sp³-hybridized carbons (Fsp3) is 0. The van der Waals surface area contributed by atoms with Crippen molar-refractivity contribution in [3.63, 3.8) is 0 Å². The van der Waals surface area contributed by atoms with Gasteiger partial charge in [0.2, 0.25) is 5.89 Å². The van der Waals surface area contributed by atoms with Crippen molar-refractivity contribution in [2.45, 2.75) is 0 Å². The fourth-order valence-electron chi connectivity index (χ4n) is 8.24. The number of furan rings is 1. The second-order valence-electron chi connectivity index (χ2n) is 15.1. The molecule has 60 heavy (non-hydrogen) atoms. The van der Waals surface area contributed by atoms with Gasteiger partial charge in [-0.2, -0.15) is 0 Å². The Bertz CT molecular complexity index is 3590. The number of rotatable bonds is 6. The molecule has 0 atom stereocenters. The van der Waals surface area contributed by atoms with Crippen molar-refractivity contribution < 1.29 is 8.83 Å². The van der Waals surface area contributed by atoms with Gasteiger partial charge in [-0.05, 0) is 98.4 Å². The van der Waals surface area contributed by atoms with Crippen LogP contribution in [0.3, 0.4) is 0 Å². The first-order valence-electron chi connectivity index (χ1n) is 19.9. The lowest BCUT2D eigenvalue weighted by atomic mass is 10.00. The van der Waals surface area contributed by atoms with E-state index < -0.39 is 0 Å². The summed E-state index contributed by atoms with van der Waals surface area (Å²) in [5, 5.41) is 6.36. The van der Waals surface area contributed by atoms with Gasteiger partial charge in [0.05, 0.1) is 5.39 Å². The normalized spacial score (nSPS) is 11.7. The largest absolute Gasteiger partial charge is 0.456 e. The van der Waals surface area contributed by atoms with Gasteiger partial charge in [-0.3, -0.25) is 0 Å². The van der Waals surface area contributed by atoms with E-state index in [1.54, 1.807) is 0 Å². The second-order valence-corrected chi connectivity index (χ2v) is 15.1. The maximum absolute atomic E-state index is 6.44. The third-order valence-electron chi connectivity index (χ3n) is 11.3. The lowest BCUT2D eigenvalue weighted by Gasteiger charge is -2.11. The SMILES string of the molecule is c1ccc(-c2cccc(-c3nc(-c4ccc(-c5ccc6ccccc6c5)cc4)nc(-c4ccc5cc6oc7ccc8nc(-c9ccccc9)oc8c7c6cc5c4)n3)c2)cc1. The maximum Gasteiger partial charge on any atom is 0.227 e. The molecule has 0 unspecified atom stereocenters. The van der Waals surface area contributed by atoms with Crippen molar-refractivity contribution in [3.8, 4) is 67.9 Å². The minimum absolute atomic E-state index is 0.578. The Morgan fingerprint density at radius 1 is 0.300 bits per heavy atom. The van der Waals surface area contributed by atoms with Gasteiger partial charge in [-0.25, -0.2) is 19.9 Å². The van der Waals surface area contributed by atoms with Gasteiger partial charge in [-0.1, -0.05) is 140 Å². The van der Waals surface area contributed by atoms with Gasteiger partial charge in [0, 0.05) is 27.6 Å². The lowest BCUT2D eigenvalue weighted by Crippen LogP contribution is -2.00. The van der Waals surface area contributed by atoms with Gasteiger partial charge in [0.25, 0.3) is 0 Å². The smallest absolute Gasteiger partial charge is 0.227 e. The molecule has 280 valence electrons. The summed E-state index contributed by atoms with van der Waals surface area (Å²) in [4.78, 5) is 20.2. The highest BCUT2D eigenvalue weighted by Crippen LogP contribution is 2.39. The van der Waals surface area contributed by atoms with Crippen LogP contribution in [0.15, 0.2) is 203 Å². The van der Waals surface area contributed by atoms with Crippen molar-refractivity contribution in [1.29, 1.82) is 0 Å². The minimum Gasteiger partial charge on any atom is -0.456 e. The summed E-state index contributed by atoms with van der Waals surface area (Å²) >= 11 is 0. The number of benzene rings is 9. The topological polar surface area (TPSA) is 77.8 Å². The molecule has 0 spiro atoms. The molecule has 0 aliphatic carbocycles. The molecule has 6 heteroatoms. The van der Waals surface area contributed by atoms with Crippen LogP contribution in [0, 0.1) is 0 Å². The predicted molar refractivity (Wildman–Crippen MR) is 242 cm³/mol. The molecule has 0 amide bonds. The highest BCUT2D eigenvalue weighted by molar-refractivity contribution is 6.19. The molecule has 0 saturated heterocycles. The summed E-state index contributed by atoms with van der Waals surface area (Å²) in [5.41, 5.74) is 11.1. The fourth-order valence-corrected chi connectivity index (χ4v) is 8.24. The third-order valence-corrected chi connectivity index (χ3v) is 11.3. The van der Waals surface area contributed by atoms with E-state index in [0.717, 1.165) is 82.7 Å². The molecule has 0 radical (unpaired) electrons. The minimum atomic E-state index is 0.578. The molecule has 0 bridgehead atoms. The van der Waals surface area contributed by atoms with Crippen molar-refractivity contribution in [2.75, 3.05) is 0 Å². The summed E-state index contributed by atoms with van der Waals surface area (Å²) in [7, 11) is 0. The highest BCUT2D eigenvalue weighted by atomic mass is 16.4. The molecular formula is C54H32N4O2. The quantitative estimate of drug-likeness (QED) is 0.168. The summed E-state index contributed by atoms with van der Waals surface area (Å²) in [6, 6.07) is 66.7. The standard InChI is InChI=1S/C54H32N4O2/c1-3-10-33(11-4-1)39-16-9-17-42(29-39)52-56-51(36-21-18-35(19-22-36)40-23-20-34-12-7-8-15-38(34)28-40)57-53(58-52)43-25-24-41-32-48-45(31-44(41)30-43)49-47(59-48)27-26-46-50(49)60-54(55-46)37-13-5-2-6-14-37/h1-32H. The summed E-state index contributed by atoms with van der Waals surface area (Å²) in [6.07, 6.45) is 0. The van der Waals surface area contributed by atoms with Crippen molar-refractivity contribution in [1.82, 2.24) is 19.9 Å². The Kier molecular flexibility index (Phi) is 7.74. The Labute approximate surface area is 344 Å². The Balaban J connectivity index is 0.989. The summed E-state index contributed by atoms with van der Waals surface area (Å²) in [5.74, 6) is 2.37. The average Bonchev–Trinajstić information content (AvgIpc) is 3.92. The van der Waals surface area contributed by atoms with E-state index in [1.807, 2.05) is 48.5 Å². The Morgan fingerprint density at radius 2 is 0.850 bits per heavy atom. The van der Waals surface area contributed by atoms with Crippen LogP contribution in [0.2, 0.25) is 0 Å². The van der Waals surface area contributed by atoms with E-state index in [4.69, 9.17) is 28.8 Å². The molecule has 12 aromatic rings. The molecule has 9 aromatic carbocycles. The third kappa shape index (κ3) is 5.89. The molecule has 0 aliphatic rings. The van der Waals surface area contributed by atoms with Gasteiger partial charge in [0.15, 0.2) is 23.1 Å². The second kappa shape index (κ2) is 13.7. The first-order valence-corrected chi connectivity index (χ1v) is 19.9.